The molecule has 0 unspecified atom stereocenters. The summed E-state index contributed by atoms with van der Waals surface area (Å²) >= 11 is 1.78. The van der Waals surface area contributed by atoms with Crippen molar-refractivity contribution in [3.8, 4) is 0 Å². The minimum atomic E-state index is 0.810. The summed E-state index contributed by atoms with van der Waals surface area (Å²) in [6.45, 7) is 7.04. The first-order valence-corrected chi connectivity index (χ1v) is 7.75. The highest BCUT2D eigenvalue weighted by molar-refractivity contribution is 7.98. The molecule has 1 aromatic heterocycles. The van der Waals surface area contributed by atoms with E-state index in [1.54, 1.807) is 11.8 Å². The quantitative estimate of drug-likeness (QED) is 0.855. The maximum Gasteiger partial charge on any atom is 0.139 e. The fourth-order valence-corrected chi connectivity index (χ4v) is 2.84. The Labute approximate surface area is 125 Å². The van der Waals surface area contributed by atoms with Crippen molar-refractivity contribution >= 4 is 11.8 Å². The smallest absolute Gasteiger partial charge is 0.139 e. The Bertz CT molecular complexity index is 556. The summed E-state index contributed by atoms with van der Waals surface area (Å²) in [4.78, 5) is 10.5. The van der Waals surface area contributed by atoms with E-state index in [9.17, 15) is 0 Å². The molecule has 2 rings (SSSR count). The Hall–Kier alpha value is -1.39. The number of aryl methyl sites for hydroxylation is 3. The normalized spacial score (nSPS) is 10.8. The molecule has 0 saturated heterocycles. The molecule has 3 nitrogen and oxygen atoms in total. The Morgan fingerprint density at radius 2 is 1.60 bits per heavy atom. The van der Waals surface area contributed by atoms with E-state index in [0.29, 0.717) is 0 Å². The van der Waals surface area contributed by atoms with Crippen molar-refractivity contribution in [2.45, 2.75) is 38.0 Å². The number of aromatic nitrogens is 2. The number of nitrogens with zero attached hydrogens (tertiary/aromatic N) is 2. The maximum atomic E-state index is 4.61. The molecule has 0 bridgehead atoms. The molecule has 0 amide bonds. The molecule has 1 N–H and O–H groups in total. The minimum absolute atomic E-state index is 0.810. The molecule has 1 heterocycles. The third-order valence-electron chi connectivity index (χ3n) is 3.21. The zero-order chi connectivity index (χ0) is 14.5. The molecule has 0 atom stereocenters. The van der Waals surface area contributed by atoms with Crippen molar-refractivity contribution < 1.29 is 0 Å². The standard InChI is InChI=1S/C16H21N3S/c1-11-5-7-14(8-6-11)20-10-16-18-12(2)15(9-17-4)13(3)19-16/h5-8,17H,9-10H2,1-4H3. The van der Waals surface area contributed by atoms with E-state index < -0.39 is 0 Å². The molecule has 20 heavy (non-hydrogen) atoms. The van der Waals surface area contributed by atoms with E-state index in [1.165, 1.54) is 16.0 Å². The molecule has 1 aromatic carbocycles. The highest BCUT2D eigenvalue weighted by Crippen LogP contribution is 2.22. The van der Waals surface area contributed by atoms with Gasteiger partial charge in [0, 0.05) is 28.4 Å². The molecule has 0 fully saturated rings. The highest BCUT2D eigenvalue weighted by atomic mass is 32.2. The van der Waals surface area contributed by atoms with Gasteiger partial charge in [-0.3, -0.25) is 0 Å². The number of nitrogens with one attached hydrogen (secondary N) is 1. The molecule has 0 radical (unpaired) electrons. The summed E-state index contributed by atoms with van der Waals surface area (Å²) in [6, 6.07) is 8.57. The summed E-state index contributed by atoms with van der Waals surface area (Å²) in [7, 11) is 1.94. The first-order valence-electron chi connectivity index (χ1n) is 6.77. The van der Waals surface area contributed by atoms with Gasteiger partial charge >= 0.3 is 0 Å². The zero-order valence-corrected chi connectivity index (χ0v) is 13.3. The van der Waals surface area contributed by atoms with Crippen molar-refractivity contribution in [1.29, 1.82) is 0 Å². The second-order valence-corrected chi connectivity index (χ2v) is 5.97. The van der Waals surface area contributed by atoms with Crippen LogP contribution in [0, 0.1) is 20.8 Å². The fourth-order valence-electron chi connectivity index (χ4n) is 2.09. The fraction of sp³-hybridized carbons (Fsp3) is 0.375. The Kier molecular flexibility index (Phi) is 5.15. The molecule has 0 saturated carbocycles. The van der Waals surface area contributed by atoms with Gasteiger partial charge in [-0.05, 0) is 40.0 Å². The van der Waals surface area contributed by atoms with Gasteiger partial charge in [0.25, 0.3) is 0 Å². The monoisotopic (exact) mass is 287 g/mol. The first kappa shape index (κ1) is 15.0. The summed E-state index contributed by atoms with van der Waals surface area (Å²) in [5, 5.41) is 3.16. The Morgan fingerprint density at radius 3 is 2.15 bits per heavy atom. The third-order valence-corrected chi connectivity index (χ3v) is 4.22. The summed E-state index contributed by atoms with van der Waals surface area (Å²) in [6.07, 6.45) is 0. The molecule has 2 aromatic rings. The van der Waals surface area contributed by atoms with Gasteiger partial charge in [-0.1, -0.05) is 17.7 Å². The van der Waals surface area contributed by atoms with Gasteiger partial charge in [0.2, 0.25) is 0 Å². The topological polar surface area (TPSA) is 37.8 Å². The molecule has 0 aliphatic rings. The van der Waals surface area contributed by atoms with Gasteiger partial charge in [-0.25, -0.2) is 9.97 Å². The predicted octanol–water partition coefficient (Wildman–Crippen LogP) is 3.41. The van der Waals surface area contributed by atoms with Crippen LogP contribution in [-0.4, -0.2) is 17.0 Å². The molecule has 4 heteroatoms. The first-order chi connectivity index (χ1) is 9.60. The number of thioether (sulfide) groups is 1. The summed E-state index contributed by atoms with van der Waals surface area (Å²) in [5.74, 6) is 1.72. The summed E-state index contributed by atoms with van der Waals surface area (Å²) < 4.78 is 0. The van der Waals surface area contributed by atoms with Crippen molar-refractivity contribution in [3.63, 3.8) is 0 Å². The van der Waals surface area contributed by atoms with Gasteiger partial charge < -0.3 is 5.32 Å². The van der Waals surface area contributed by atoms with Gasteiger partial charge in [-0.2, -0.15) is 0 Å². The van der Waals surface area contributed by atoms with Crippen molar-refractivity contribution in [2.24, 2.45) is 0 Å². The number of benzene rings is 1. The van der Waals surface area contributed by atoms with E-state index in [-0.39, 0.29) is 0 Å². The predicted molar refractivity (Wildman–Crippen MR) is 85.0 cm³/mol. The van der Waals surface area contributed by atoms with Crippen LogP contribution >= 0.6 is 11.8 Å². The van der Waals surface area contributed by atoms with E-state index in [1.807, 2.05) is 7.05 Å². The van der Waals surface area contributed by atoms with E-state index in [2.05, 4.69) is 60.3 Å². The van der Waals surface area contributed by atoms with Gasteiger partial charge in [0.1, 0.15) is 5.82 Å². The Morgan fingerprint density at radius 1 is 1.00 bits per heavy atom. The minimum Gasteiger partial charge on any atom is -0.316 e. The average molecular weight is 287 g/mol. The SMILES string of the molecule is CNCc1c(C)nc(CSc2ccc(C)cc2)nc1C. The number of rotatable bonds is 5. The molecule has 0 aliphatic heterocycles. The van der Waals surface area contributed by atoms with Crippen molar-refractivity contribution in [1.82, 2.24) is 15.3 Å². The number of hydrogen-bond acceptors (Lipinski definition) is 4. The molecular weight excluding hydrogens is 266 g/mol. The molecular formula is C16H21N3S. The van der Waals surface area contributed by atoms with Gasteiger partial charge in [0.05, 0.1) is 5.75 Å². The van der Waals surface area contributed by atoms with Crippen LogP contribution in [0.5, 0.6) is 0 Å². The van der Waals surface area contributed by atoms with Gasteiger partial charge in [0.15, 0.2) is 0 Å². The maximum absolute atomic E-state index is 4.61. The van der Waals surface area contributed by atoms with Crippen LogP contribution in [0.1, 0.15) is 28.3 Å². The zero-order valence-electron chi connectivity index (χ0n) is 12.5. The Balaban J connectivity index is 2.08. The largest absolute Gasteiger partial charge is 0.316 e. The number of hydrogen-bond donors (Lipinski definition) is 1. The second-order valence-electron chi connectivity index (χ2n) is 4.92. The van der Waals surface area contributed by atoms with Crippen LogP contribution in [0.4, 0.5) is 0 Å². The van der Waals surface area contributed by atoms with Crippen molar-refractivity contribution in [3.05, 3.63) is 52.6 Å². The highest BCUT2D eigenvalue weighted by Gasteiger charge is 2.08. The van der Waals surface area contributed by atoms with Gasteiger partial charge in [-0.15, -0.1) is 11.8 Å². The molecule has 0 aliphatic carbocycles. The van der Waals surface area contributed by atoms with Crippen LogP contribution in [-0.2, 0) is 12.3 Å². The van der Waals surface area contributed by atoms with Crippen molar-refractivity contribution in [2.75, 3.05) is 7.05 Å². The van der Waals surface area contributed by atoms with E-state index in [4.69, 9.17) is 0 Å². The van der Waals surface area contributed by atoms with Crippen LogP contribution in [0.2, 0.25) is 0 Å². The average Bonchev–Trinajstić information content (AvgIpc) is 2.42. The molecule has 0 spiro atoms. The van der Waals surface area contributed by atoms with Crippen LogP contribution in [0.15, 0.2) is 29.2 Å². The van der Waals surface area contributed by atoms with Crippen LogP contribution in [0.25, 0.3) is 0 Å². The van der Waals surface area contributed by atoms with Crippen LogP contribution < -0.4 is 5.32 Å². The lowest BCUT2D eigenvalue weighted by Crippen LogP contribution is -2.12. The summed E-state index contributed by atoms with van der Waals surface area (Å²) in [5.41, 5.74) is 4.64. The lowest BCUT2D eigenvalue weighted by atomic mass is 10.1. The lowest BCUT2D eigenvalue weighted by molar-refractivity contribution is 0.778. The van der Waals surface area contributed by atoms with Crippen LogP contribution in [0.3, 0.4) is 0 Å². The third kappa shape index (κ3) is 3.81. The van der Waals surface area contributed by atoms with E-state index >= 15 is 0 Å². The lowest BCUT2D eigenvalue weighted by Gasteiger charge is -2.10. The molecule has 106 valence electrons. The van der Waals surface area contributed by atoms with E-state index in [0.717, 1.165) is 29.5 Å². The second kappa shape index (κ2) is 6.86.